The monoisotopic (exact) mass is 460 g/mol. The number of ether oxygens (including phenoxy) is 4. The molecule has 8 nitrogen and oxygen atoms in total. The van der Waals surface area contributed by atoms with Crippen molar-refractivity contribution in [1.82, 2.24) is 10.4 Å². The zero-order valence-corrected chi connectivity index (χ0v) is 18.9. The van der Waals surface area contributed by atoms with Crippen LogP contribution in [0.5, 0.6) is 23.0 Å². The number of thiocarbonyl (C=S) groups is 1. The lowest BCUT2D eigenvalue weighted by Gasteiger charge is -2.15. The van der Waals surface area contributed by atoms with E-state index in [4.69, 9.17) is 31.2 Å². The molecule has 0 saturated carbocycles. The highest BCUT2D eigenvalue weighted by atomic mass is 32.2. The lowest BCUT2D eigenvalue weighted by atomic mass is 10.1. The topological polar surface area (TPSA) is 86.3 Å². The summed E-state index contributed by atoms with van der Waals surface area (Å²) in [4.78, 5) is 25.7. The fraction of sp³-hybridized carbons (Fsp3) is 0.190. The molecule has 0 unspecified atom stereocenters. The molecule has 2 amide bonds. The molecule has 0 aliphatic carbocycles. The molecule has 3 rings (SSSR count). The van der Waals surface area contributed by atoms with Crippen LogP contribution < -0.4 is 24.4 Å². The Balaban J connectivity index is 1.82. The van der Waals surface area contributed by atoms with Gasteiger partial charge in [0.1, 0.15) is 5.75 Å². The van der Waals surface area contributed by atoms with Gasteiger partial charge in [0.2, 0.25) is 5.75 Å². The molecule has 31 heavy (non-hydrogen) atoms. The lowest BCUT2D eigenvalue weighted by molar-refractivity contribution is -0.123. The van der Waals surface area contributed by atoms with Crippen molar-refractivity contribution in [1.29, 1.82) is 0 Å². The second kappa shape index (κ2) is 9.71. The first-order valence-corrected chi connectivity index (χ1v) is 10.2. The summed E-state index contributed by atoms with van der Waals surface area (Å²) in [5, 5.41) is 1.05. The van der Waals surface area contributed by atoms with Crippen molar-refractivity contribution in [2.45, 2.75) is 0 Å². The molecule has 1 fully saturated rings. The van der Waals surface area contributed by atoms with Crippen molar-refractivity contribution >= 4 is 46.2 Å². The molecule has 1 N–H and O–H groups in total. The summed E-state index contributed by atoms with van der Waals surface area (Å²) >= 11 is 6.36. The van der Waals surface area contributed by atoms with Crippen LogP contribution in [0, 0.1) is 0 Å². The first-order chi connectivity index (χ1) is 14.9. The summed E-state index contributed by atoms with van der Waals surface area (Å²) < 4.78 is 21.3. The fourth-order valence-electron chi connectivity index (χ4n) is 2.81. The average molecular weight is 461 g/mol. The van der Waals surface area contributed by atoms with Crippen molar-refractivity contribution in [3.8, 4) is 23.0 Å². The van der Waals surface area contributed by atoms with Crippen LogP contribution in [0.4, 0.5) is 0 Å². The van der Waals surface area contributed by atoms with Gasteiger partial charge < -0.3 is 18.9 Å². The highest BCUT2D eigenvalue weighted by Gasteiger charge is 2.34. The first-order valence-electron chi connectivity index (χ1n) is 8.94. The Bertz CT molecular complexity index is 1030. The van der Waals surface area contributed by atoms with Gasteiger partial charge in [0, 0.05) is 5.56 Å². The normalized spacial score (nSPS) is 14.6. The molecule has 2 aromatic carbocycles. The summed E-state index contributed by atoms with van der Waals surface area (Å²) in [5.41, 5.74) is 3.56. The summed E-state index contributed by atoms with van der Waals surface area (Å²) in [6.07, 6.45) is 1.64. The van der Waals surface area contributed by atoms with Gasteiger partial charge in [-0.25, -0.2) is 0 Å². The predicted octanol–water partition coefficient (Wildman–Crippen LogP) is 3.27. The summed E-state index contributed by atoms with van der Waals surface area (Å²) in [5.74, 6) is 1.07. The lowest BCUT2D eigenvalue weighted by Crippen LogP contribution is -2.44. The van der Waals surface area contributed by atoms with E-state index in [0.717, 1.165) is 16.8 Å². The average Bonchev–Trinajstić information content (AvgIpc) is 3.05. The number of nitrogens with one attached hydrogen (secondary N) is 1. The molecule has 1 aliphatic rings. The van der Waals surface area contributed by atoms with Gasteiger partial charge in [-0.05, 0) is 60.3 Å². The number of methoxy groups -OCH3 is 4. The highest BCUT2D eigenvalue weighted by molar-refractivity contribution is 8.26. The molecular formula is C21H20N2O6S2. The zero-order chi connectivity index (χ0) is 22.5. The van der Waals surface area contributed by atoms with Crippen LogP contribution in [0.1, 0.15) is 15.9 Å². The standard InChI is InChI=1S/C21H20N2O6S2/c1-26-14-7-5-13(6-8-14)19(24)22-23-20(25)17(31-21(23)30)11-12-9-15(27-2)18(29-4)16(10-12)28-3/h5-11H,1-4H3,(H,22,24)/b17-11+. The molecule has 1 aliphatic heterocycles. The number of carbonyl (C=O) groups is 2. The van der Waals surface area contributed by atoms with Crippen molar-refractivity contribution in [3.63, 3.8) is 0 Å². The Morgan fingerprint density at radius 3 is 2.13 bits per heavy atom. The fourth-order valence-corrected chi connectivity index (χ4v) is 3.99. The first kappa shape index (κ1) is 22.4. The van der Waals surface area contributed by atoms with E-state index in [2.05, 4.69) is 5.43 Å². The number of thioether (sulfide) groups is 1. The number of hydrazine groups is 1. The largest absolute Gasteiger partial charge is 0.497 e. The molecule has 1 heterocycles. The molecular weight excluding hydrogens is 440 g/mol. The number of carbonyl (C=O) groups excluding carboxylic acids is 2. The minimum atomic E-state index is -0.465. The van der Waals surface area contributed by atoms with Crippen LogP contribution in [0.2, 0.25) is 0 Å². The number of hydrogen-bond donors (Lipinski definition) is 1. The molecule has 10 heteroatoms. The van der Waals surface area contributed by atoms with Gasteiger partial charge in [-0.15, -0.1) is 0 Å². The molecule has 0 spiro atoms. The van der Waals surface area contributed by atoms with E-state index in [-0.39, 0.29) is 4.32 Å². The SMILES string of the molecule is COc1ccc(C(=O)NN2C(=O)/C(=C\c3cc(OC)c(OC)c(OC)c3)SC2=S)cc1. The summed E-state index contributed by atoms with van der Waals surface area (Å²) in [6.45, 7) is 0. The van der Waals surface area contributed by atoms with E-state index < -0.39 is 11.8 Å². The third-order valence-electron chi connectivity index (χ3n) is 4.34. The van der Waals surface area contributed by atoms with Gasteiger partial charge in [-0.3, -0.25) is 15.0 Å². The number of hydrogen-bond acceptors (Lipinski definition) is 8. The molecule has 2 aromatic rings. The number of rotatable bonds is 7. The predicted molar refractivity (Wildman–Crippen MR) is 122 cm³/mol. The number of amides is 2. The molecule has 0 atom stereocenters. The van der Waals surface area contributed by atoms with Crippen molar-refractivity contribution in [2.24, 2.45) is 0 Å². The van der Waals surface area contributed by atoms with Crippen molar-refractivity contribution in [3.05, 3.63) is 52.4 Å². The van der Waals surface area contributed by atoms with Crippen LogP contribution >= 0.6 is 24.0 Å². The minimum Gasteiger partial charge on any atom is -0.497 e. The number of benzene rings is 2. The van der Waals surface area contributed by atoms with Crippen LogP contribution in [0.15, 0.2) is 41.3 Å². The quantitative estimate of drug-likeness (QED) is 0.498. The maximum atomic E-state index is 12.8. The van der Waals surface area contributed by atoms with E-state index in [1.54, 1.807) is 42.5 Å². The van der Waals surface area contributed by atoms with Crippen LogP contribution in [-0.4, -0.2) is 49.6 Å². The van der Waals surface area contributed by atoms with Gasteiger partial charge in [0.15, 0.2) is 15.8 Å². The Kier molecular flexibility index (Phi) is 7.03. The zero-order valence-electron chi connectivity index (χ0n) is 17.3. The molecule has 1 saturated heterocycles. The maximum Gasteiger partial charge on any atom is 0.285 e. The van der Waals surface area contributed by atoms with E-state index >= 15 is 0 Å². The van der Waals surface area contributed by atoms with Crippen LogP contribution in [0.3, 0.4) is 0 Å². The maximum absolute atomic E-state index is 12.8. The Hall–Kier alpha value is -3.24. The van der Waals surface area contributed by atoms with E-state index in [1.165, 1.54) is 28.4 Å². The Labute approximate surface area is 189 Å². The second-order valence-corrected chi connectivity index (χ2v) is 7.82. The van der Waals surface area contributed by atoms with E-state index in [0.29, 0.717) is 39.0 Å². The molecule has 0 radical (unpaired) electrons. The van der Waals surface area contributed by atoms with Gasteiger partial charge in [-0.1, -0.05) is 11.8 Å². The third-order valence-corrected chi connectivity index (χ3v) is 5.65. The van der Waals surface area contributed by atoms with Crippen molar-refractivity contribution < 1.29 is 28.5 Å². The van der Waals surface area contributed by atoms with Gasteiger partial charge in [0.25, 0.3) is 11.8 Å². The summed E-state index contributed by atoms with van der Waals surface area (Å²) in [6, 6.07) is 9.93. The molecule has 0 bridgehead atoms. The van der Waals surface area contributed by atoms with Gasteiger partial charge >= 0.3 is 0 Å². The second-order valence-electron chi connectivity index (χ2n) is 6.15. The van der Waals surface area contributed by atoms with Crippen molar-refractivity contribution in [2.75, 3.05) is 28.4 Å². The summed E-state index contributed by atoms with van der Waals surface area (Å²) in [7, 11) is 6.07. The van der Waals surface area contributed by atoms with E-state index in [1.807, 2.05) is 0 Å². The van der Waals surface area contributed by atoms with Crippen LogP contribution in [-0.2, 0) is 4.79 Å². The minimum absolute atomic E-state index is 0.213. The Morgan fingerprint density at radius 2 is 1.61 bits per heavy atom. The highest BCUT2D eigenvalue weighted by Crippen LogP contribution is 2.40. The van der Waals surface area contributed by atoms with Gasteiger partial charge in [-0.2, -0.15) is 5.01 Å². The van der Waals surface area contributed by atoms with E-state index in [9.17, 15) is 9.59 Å². The van der Waals surface area contributed by atoms with Gasteiger partial charge in [0.05, 0.1) is 33.3 Å². The smallest absolute Gasteiger partial charge is 0.285 e. The molecule has 0 aromatic heterocycles. The Morgan fingerprint density at radius 1 is 1.00 bits per heavy atom. The number of nitrogens with zero attached hydrogens (tertiary/aromatic N) is 1. The molecule has 162 valence electrons. The van der Waals surface area contributed by atoms with Crippen LogP contribution in [0.25, 0.3) is 6.08 Å². The third kappa shape index (κ3) is 4.75.